The lowest BCUT2D eigenvalue weighted by Crippen LogP contribution is -2.50. The SMILES string of the molecule is C[C@H](C(=O)OC(C)(C)C)N1CCc2cc(B3OC(C)(C)C(C)(C)O3)cn2C1=O. The standard InChI is InChI=1S/C20H31BN2O5/c1-13(16(24)26-18(2,3)4)22-10-9-15-11-14(12-23(15)17(22)25)21-27-19(5,6)20(7,8)28-21/h11-13H,9-10H2,1-8H3/t13-/m1/s1. The summed E-state index contributed by atoms with van der Waals surface area (Å²) in [4.78, 5) is 27.0. The summed E-state index contributed by atoms with van der Waals surface area (Å²) in [6.07, 6.45) is 2.41. The number of hydrogen-bond acceptors (Lipinski definition) is 5. The van der Waals surface area contributed by atoms with Gasteiger partial charge < -0.3 is 18.9 Å². The van der Waals surface area contributed by atoms with Crippen LogP contribution in [0.3, 0.4) is 0 Å². The molecule has 0 aromatic carbocycles. The maximum Gasteiger partial charge on any atom is 0.496 e. The summed E-state index contributed by atoms with van der Waals surface area (Å²) in [5.41, 5.74) is 0.228. The summed E-state index contributed by atoms with van der Waals surface area (Å²) in [5.74, 6) is -0.400. The Bertz CT molecular complexity index is 777. The lowest BCUT2D eigenvalue weighted by Gasteiger charge is -2.33. The van der Waals surface area contributed by atoms with Crippen molar-refractivity contribution in [3.8, 4) is 0 Å². The van der Waals surface area contributed by atoms with Gasteiger partial charge in [0.2, 0.25) is 0 Å². The van der Waals surface area contributed by atoms with Gasteiger partial charge in [0.05, 0.1) is 11.2 Å². The third-order valence-electron chi connectivity index (χ3n) is 5.72. The second-order valence-electron chi connectivity index (χ2n) is 9.66. The van der Waals surface area contributed by atoms with E-state index >= 15 is 0 Å². The molecule has 0 unspecified atom stereocenters. The zero-order valence-corrected chi connectivity index (χ0v) is 18.2. The fourth-order valence-corrected chi connectivity index (χ4v) is 3.35. The lowest BCUT2D eigenvalue weighted by atomic mass is 9.81. The van der Waals surface area contributed by atoms with Crippen LogP contribution in [0.4, 0.5) is 4.79 Å². The molecule has 28 heavy (non-hydrogen) atoms. The second-order valence-corrected chi connectivity index (χ2v) is 9.66. The van der Waals surface area contributed by atoms with Crippen LogP contribution in [0.2, 0.25) is 0 Å². The fraction of sp³-hybridized carbons (Fsp3) is 0.700. The Morgan fingerprint density at radius 1 is 1.21 bits per heavy atom. The molecule has 3 heterocycles. The predicted octanol–water partition coefficient (Wildman–Crippen LogP) is 2.34. The number of rotatable bonds is 3. The molecule has 1 atom stereocenters. The summed E-state index contributed by atoms with van der Waals surface area (Å²) in [6, 6.07) is 1.07. The highest BCUT2D eigenvalue weighted by Crippen LogP contribution is 2.36. The Morgan fingerprint density at radius 2 is 1.79 bits per heavy atom. The van der Waals surface area contributed by atoms with Gasteiger partial charge in [-0.1, -0.05) is 0 Å². The van der Waals surface area contributed by atoms with Crippen LogP contribution in [0.5, 0.6) is 0 Å². The second kappa shape index (κ2) is 6.63. The van der Waals surface area contributed by atoms with E-state index in [1.54, 1.807) is 22.6 Å². The molecule has 7 nitrogen and oxygen atoms in total. The van der Waals surface area contributed by atoms with Crippen molar-refractivity contribution in [3.05, 3.63) is 18.0 Å². The number of aromatic nitrogens is 1. The predicted molar refractivity (Wildman–Crippen MR) is 107 cm³/mol. The van der Waals surface area contributed by atoms with Crippen molar-refractivity contribution in [3.63, 3.8) is 0 Å². The maximum absolute atomic E-state index is 13.0. The van der Waals surface area contributed by atoms with Crippen molar-refractivity contribution in [1.29, 1.82) is 0 Å². The molecule has 154 valence electrons. The molecule has 1 amide bonds. The number of amides is 1. The maximum atomic E-state index is 13.0. The zero-order chi connectivity index (χ0) is 21.1. The van der Waals surface area contributed by atoms with Gasteiger partial charge in [-0.05, 0) is 61.5 Å². The minimum atomic E-state index is -0.650. The van der Waals surface area contributed by atoms with Crippen molar-refractivity contribution in [2.24, 2.45) is 0 Å². The molecule has 3 rings (SSSR count). The molecule has 1 fully saturated rings. The van der Waals surface area contributed by atoms with Gasteiger partial charge in [0, 0.05) is 30.3 Å². The van der Waals surface area contributed by atoms with Crippen molar-refractivity contribution in [2.75, 3.05) is 6.54 Å². The molecule has 0 bridgehead atoms. The van der Waals surface area contributed by atoms with Crippen LogP contribution in [0.25, 0.3) is 0 Å². The Hall–Kier alpha value is -1.80. The Balaban J connectivity index is 1.78. The fourth-order valence-electron chi connectivity index (χ4n) is 3.35. The monoisotopic (exact) mass is 390 g/mol. The zero-order valence-electron chi connectivity index (χ0n) is 18.2. The normalized spacial score (nSPS) is 22.2. The minimum Gasteiger partial charge on any atom is -0.458 e. The van der Waals surface area contributed by atoms with Crippen LogP contribution >= 0.6 is 0 Å². The lowest BCUT2D eigenvalue weighted by molar-refractivity contribution is -0.159. The molecule has 1 aromatic rings. The molecule has 1 aromatic heterocycles. The van der Waals surface area contributed by atoms with Gasteiger partial charge in [0.1, 0.15) is 11.6 Å². The van der Waals surface area contributed by atoms with E-state index < -0.39 is 35.9 Å². The molecule has 0 radical (unpaired) electrons. The minimum absolute atomic E-state index is 0.234. The quantitative estimate of drug-likeness (QED) is 0.585. The number of nitrogens with zero attached hydrogens (tertiary/aromatic N) is 2. The van der Waals surface area contributed by atoms with Gasteiger partial charge >= 0.3 is 19.1 Å². The van der Waals surface area contributed by atoms with Crippen molar-refractivity contribution in [2.45, 2.75) is 84.7 Å². The van der Waals surface area contributed by atoms with Crippen molar-refractivity contribution >= 4 is 24.6 Å². The van der Waals surface area contributed by atoms with Crippen molar-refractivity contribution in [1.82, 2.24) is 9.47 Å². The molecular formula is C20H31BN2O5. The highest BCUT2D eigenvalue weighted by Gasteiger charge is 2.52. The molecule has 8 heteroatoms. The summed E-state index contributed by atoms with van der Waals surface area (Å²) in [6.45, 7) is 15.6. The van der Waals surface area contributed by atoms with E-state index in [1.807, 2.05) is 54.5 Å². The average molecular weight is 390 g/mol. The number of carbonyl (C=O) groups is 2. The Kier molecular flexibility index (Phi) is 4.95. The number of hydrogen-bond donors (Lipinski definition) is 0. The van der Waals surface area contributed by atoms with Crippen LogP contribution in [0, 0.1) is 0 Å². The molecule has 0 N–H and O–H groups in total. The number of carbonyl (C=O) groups excluding carboxylic acids is 2. The first-order chi connectivity index (χ1) is 12.7. The van der Waals surface area contributed by atoms with Crippen LogP contribution in [-0.2, 0) is 25.3 Å². The largest absolute Gasteiger partial charge is 0.496 e. The van der Waals surface area contributed by atoms with Crippen LogP contribution in [-0.4, -0.2) is 58.0 Å². The molecule has 0 saturated carbocycles. The first kappa shape index (κ1) is 20.9. The van der Waals surface area contributed by atoms with Gasteiger partial charge in [-0.2, -0.15) is 0 Å². The van der Waals surface area contributed by atoms with Gasteiger partial charge in [-0.25, -0.2) is 9.59 Å². The van der Waals surface area contributed by atoms with Gasteiger partial charge in [-0.15, -0.1) is 0 Å². The summed E-state index contributed by atoms with van der Waals surface area (Å²) in [7, 11) is -0.521. The van der Waals surface area contributed by atoms with Crippen LogP contribution in [0.15, 0.2) is 12.3 Å². The average Bonchev–Trinajstić information content (AvgIpc) is 3.05. The highest BCUT2D eigenvalue weighted by atomic mass is 16.7. The van der Waals surface area contributed by atoms with E-state index in [-0.39, 0.29) is 6.03 Å². The topological polar surface area (TPSA) is 70.0 Å². The van der Waals surface area contributed by atoms with Gasteiger partial charge in [0.25, 0.3) is 0 Å². The van der Waals surface area contributed by atoms with Gasteiger partial charge in [-0.3, -0.25) is 4.57 Å². The van der Waals surface area contributed by atoms with Crippen molar-refractivity contribution < 1.29 is 23.6 Å². The van der Waals surface area contributed by atoms with Crippen LogP contribution < -0.4 is 5.46 Å². The van der Waals surface area contributed by atoms with E-state index in [2.05, 4.69) is 0 Å². The Morgan fingerprint density at radius 3 is 2.32 bits per heavy atom. The molecular weight excluding hydrogens is 359 g/mol. The smallest absolute Gasteiger partial charge is 0.458 e. The van der Waals surface area contributed by atoms with E-state index in [9.17, 15) is 9.59 Å². The third-order valence-corrected chi connectivity index (χ3v) is 5.72. The number of esters is 1. The van der Waals surface area contributed by atoms with E-state index in [4.69, 9.17) is 14.0 Å². The number of ether oxygens (including phenoxy) is 1. The van der Waals surface area contributed by atoms with E-state index in [0.717, 1.165) is 11.2 Å². The highest BCUT2D eigenvalue weighted by molar-refractivity contribution is 6.62. The van der Waals surface area contributed by atoms with Gasteiger partial charge in [0.15, 0.2) is 0 Å². The molecule has 1 saturated heterocycles. The van der Waals surface area contributed by atoms with E-state index in [0.29, 0.717) is 13.0 Å². The number of fused-ring (bicyclic) bond motifs is 1. The summed E-state index contributed by atoms with van der Waals surface area (Å²) in [5, 5.41) is 0. The molecule has 0 aliphatic carbocycles. The molecule has 2 aliphatic rings. The first-order valence-corrected chi connectivity index (χ1v) is 9.82. The van der Waals surface area contributed by atoms with E-state index in [1.165, 1.54) is 0 Å². The first-order valence-electron chi connectivity index (χ1n) is 9.82. The summed E-state index contributed by atoms with van der Waals surface area (Å²) >= 11 is 0. The summed E-state index contributed by atoms with van der Waals surface area (Å²) < 4.78 is 19.2. The molecule has 0 spiro atoms. The Labute approximate surface area is 167 Å². The van der Waals surface area contributed by atoms with Crippen LogP contribution in [0.1, 0.15) is 61.1 Å². The third kappa shape index (κ3) is 3.72. The molecule has 2 aliphatic heterocycles.